The molecule has 1 rings (SSSR count). The maximum atomic E-state index is 11.7. The summed E-state index contributed by atoms with van der Waals surface area (Å²) in [6, 6.07) is 1.16. The Morgan fingerprint density at radius 2 is 2.16 bits per heavy atom. The van der Waals surface area contributed by atoms with Crippen LogP contribution in [0.15, 0.2) is 12.3 Å². The molecule has 8 nitrogen and oxygen atoms in total. The zero-order chi connectivity index (χ0) is 14.4. The number of amides is 2. The minimum atomic E-state index is -0.795. The van der Waals surface area contributed by atoms with E-state index >= 15 is 0 Å². The Morgan fingerprint density at radius 3 is 2.74 bits per heavy atom. The number of carbonyl (C=O) groups is 2. The van der Waals surface area contributed by atoms with Crippen LogP contribution in [0.2, 0.25) is 5.15 Å². The topological polar surface area (TPSA) is 114 Å². The molecule has 0 aliphatic heterocycles. The summed E-state index contributed by atoms with van der Waals surface area (Å²) in [5.74, 6) is -1.15. The number of rotatable bonds is 5. The van der Waals surface area contributed by atoms with Gasteiger partial charge < -0.3 is 10.6 Å². The molecule has 1 aromatic rings. The molecule has 0 aliphatic rings. The summed E-state index contributed by atoms with van der Waals surface area (Å²) in [6.45, 7) is 1.88. The standard InChI is InChI=1S/C10H11ClN4O4/c1-2-12-7(16)5-14-10(17)6-3-4-13-9(11)8(6)15(18)19/h3-4H,2,5H2,1H3,(H,12,16)(H,14,17). The van der Waals surface area contributed by atoms with E-state index in [2.05, 4.69) is 15.6 Å². The van der Waals surface area contributed by atoms with Crippen molar-refractivity contribution in [1.29, 1.82) is 0 Å². The smallest absolute Gasteiger partial charge is 0.319 e. The van der Waals surface area contributed by atoms with Crippen LogP contribution in [0.25, 0.3) is 0 Å². The number of nitrogens with one attached hydrogen (secondary N) is 2. The van der Waals surface area contributed by atoms with Crippen molar-refractivity contribution in [3.63, 3.8) is 0 Å². The number of hydrogen-bond acceptors (Lipinski definition) is 5. The lowest BCUT2D eigenvalue weighted by Gasteiger charge is -2.06. The van der Waals surface area contributed by atoms with Gasteiger partial charge in [-0.25, -0.2) is 4.98 Å². The molecule has 0 spiro atoms. The van der Waals surface area contributed by atoms with E-state index in [0.29, 0.717) is 6.54 Å². The lowest BCUT2D eigenvalue weighted by molar-refractivity contribution is -0.385. The molecule has 102 valence electrons. The zero-order valence-electron chi connectivity index (χ0n) is 9.97. The molecule has 9 heteroatoms. The van der Waals surface area contributed by atoms with Crippen molar-refractivity contribution >= 4 is 29.1 Å². The highest BCUT2D eigenvalue weighted by molar-refractivity contribution is 6.32. The van der Waals surface area contributed by atoms with Crippen LogP contribution in [-0.2, 0) is 4.79 Å². The van der Waals surface area contributed by atoms with E-state index in [4.69, 9.17) is 11.6 Å². The van der Waals surface area contributed by atoms with E-state index < -0.39 is 22.4 Å². The van der Waals surface area contributed by atoms with E-state index in [-0.39, 0.29) is 17.3 Å². The Bertz CT molecular complexity index is 520. The van der Waals surface area contributed by atoms with E-state index in [1.165, 1.54) is 6.20 Å². The number of carbonyl (C=O) groups excluding carboxylic acids is 2. The zero-order valence-corrected chi connectivity index (χ0v) is 10.7. The number of likely N-dealkylation sites (N-methyl/N-ethyl adjacent to an activating group) is 1. The molecule has 1 heterocycles. The number of nitro groups is 1. The Morgan fingerprint density at radius 1 is 1.47 bits per heavy atom. The van der Waals surface area contributed by atoms with Gasteiger partial charge in [0.1, 0.15) is 5.56 Å². The fourth-order valence-electron chi connectivity index (χ4n) is 1.30. The van der Waals surface area contributed by atoms with Gasteiger partial charge in [-0.1, -0.05) is 11.6 Å². The summed E-state index contributed by atoms with van der Waals surface area (Å²) in [5, 5.41) is 15.2. The molecule has 0 atom stereocenters. The van der Waals surface area contributed by atoms with Crippen molar-refractivity contribution in [3.05, 3.63) is 33.1 Å². The third-order valence-electron chi connectivity index (χ3n) is 2.09. The number of aromatic nitrogens is 1. The minimum absolute atomic E-state index is 0.241. The molecule has 0 saturated heterocycles. The van der Waals surface area contributed by atoms with Crippen molar-refractivity contribution in [3.8, 4) is 0 Å². The van der Waals surface area contributed by atoms with Gasteiger partial charge in [0.25, 0.3) is 5.91 Å². The quantitative estimate of drug-likeness (QED) is 0.465. The number of nitrogens with zero attached hydrogens (tertiary/aromatic N) is 2. The van der Waals surface area contributed by atoms with Crippen molar-refractivity contribution in [2.75, 3.05) is 13.1 Å². The molecule has 0 aliphatic carbocycles. The normalized spacial score (nSPS) is 9.79. The second-order valence-electron chi connectivity index (χ2n) is 3.39. The average molecular weight is 287 g/mol. The predicted molar refractivity (Wildman–Crippen MR) is 66.9 cm³/mol. The average Bonchev–Trinajstić information content (AvgIpc) is 2.35. The highest BCUT2D eigenvalue weighted by Crippen LogP contribution is 2.25. The first kappa shape index (κ1) is 14.8. The fourth-order valence-corrected chi connectivity index (χ4v) is 1.53. The molecule has 2 N–H and O–H groups in total. The van der Waals surface area contributed by atoms with Crippen molar-refractivity contribution in [1.82, 2.24) is 15.6 Å². The lowest BCUT2D eigenvalue weighted by atomic mass is 10.2. The Labute approximate surface area is 113 Å². The highest BCUT2D eigenvalue weighted by atomic mass is 35.5. The first-order chi connectivity index (χ1) is 8.97. The molecule has 0 unspecified atom stereocenters. The summed E-state index contributed by atoms with van der Waals surface area (Å²) in [5.41, 5.74) is -0.827. The van der Waals surface area contributed by atoms with Crippen LogP contribution in [0.3, 0.4) is 0 Å². The SMILES string of the molecule is CCNC(=O)CNC(=O)c1ccnc(Cl)c1[N+](=O)[O-]. The van der Waals surface area contributed by atoms with Crippen LogP contribution in [0.1, 0.15) is 17.3 Å². The minimum Gasteiger partial charge on any atom is -0.355 e. The van der Waals surface area contributed by atoms with Crippen LogP contribution in [0, 0.1) is 10.1 Å². The molecule has 0 fully saturated rings. The summed E-state index contributed by atoms with van der Waals surface area (Å²) in [6.07, 6.45) is 1.18. The van der Waals surface area contributed by atoms with Crippen molar-refractivity contribution < 1.29 is 14.5 Å². The molecular formula is C10H11ClN4O4. The van der Waals surface area contributed by atoms with Gasteiger partial charge in [-0.3, -0.25) is 19.7 Å². The Balaban J connectivity index is 2.86. The molecule has 0 radical (unpaired) electrons. The summed E-state index contributed by atoms with van der Waals surface area (Å²) < 4.78 is 0. The van der Waals surface area contributed by atoms with Crippen molar-refractivity contribution in [2.24, 2.45) is 0 Å². The predicted octanol–water partition coefficient (Wildman–Crippen LogP) is 0.509. The third kappa shape index (κ3) is 3.88. The molecule has 0 aromatic carbocycles. The monoisotopic (exact) mass is 286 g/mol. The fraction of sp³-hybridized carbons (Fsp3) is 0.300. The van der Waals surface area contributed by atoms with Crippen LogP contribution in [-0.4, -0.2) is 34.8 Å². The summed E-state index contributed by atoms with van der Waals surface area (Å²) >= 11 is 5.57. The lowest BCUT2D eigenvalue weighted by Crippen LogP contribution is -2.37. The maximum absolute atomic E-state index is 11.7. The van der Waals surface area contributed by atoms with Crippen LogP contribution in [0.4, 0.5) is 5.69 Å². The summed E-state index contributed by atoms with van der Waals surface area (Å²) in [4.78, 5) is 36.5. The van der Waals surface area contributed by atoms with Gasteiger partial charge in [0.15, 0.2) is 0 Å². The second-order valence-corrected chi connectivity index (χ2v) is 3.75. The maximum Gasteiger partial charge on any atom is 0.319 e. The van der Waals surface area contributed by atoms with Crippen molar-refractivity contribution in [2.45, 2.75) is 6.92 Å². The molecule has 2 amide bonds. The summed E-state index contributed by atoms with van der Waals surface area (Å²) in [7, 11) is 0. The Hall–Kier alpha value is -2.22. The third-order valence-corrected chi connectivity index (χ3v) is 2.37. The van der Waals surface area contributed by atoms with E-state index in [1.54, 1.807) is 6.92 Å². The molecular weight excluding hydrogens is 276 g/mol. The van der Waals surface area contributed by atoms with Gasteiger partial charge in [-0.2, -0.15) is 0 Å². The molecule has 0 saturated carbocycles. The molecule has 19 heavy (non-hydrogen) atoms. The first-order valence-electron chi connectivity index (χ1n) is 5.31. The van der Waals surface area contributed by atoms with E-state index in [9.17, 15) is 19.7 Å². The van der Waals surface area contributed by atoms with Gasteiger partial charge in [0, 0.05) is 12.7 Å². The number of halogens is 1. The highest BCUT2D eigenvalue weighted by Gasteiger charge is 2.24. The van der Waals surface area contributed by atoms with Gasteiger partial charge in [0.2, 0.25) is 11.1 Å². The van der Waals surface area contributed by atoms with Gasteiger partial charge >= 0.3 is 5.69 Å². The largest absolute Gasteiger partial charge is 0.355 e. The van der Waals surface area contributed by atoms with Crippen LogP contribution >= 0.6 is 11.6 Å². The number of pyridine rings is 1. The van der Waals surface area contributed by atoms with Gasteiger partial charge in [-0.05, 0) is 13.0 Å². The Kier molecular flexibility index (Phi) is 5.19. The number of hydrogen-bond donors (Lipinski definition) is 2. The van der Waals surface area contributed by atoms with Gasteiger partial charge in [0.05, 0.1) is 11.5 Å². The first-order valence-corrected chi connectivity index (χ1v) is 5.69. The second kappa shape index (κ2) is 6.64. The van der Waals surface area contributed by atoms with E-state index in [0.717, 1.165) is 6.07 Å². The molecule has 1 aromatic heterocycles. The van der Waals surface area contributed by atoms with Gasteiger partial charge in [-0.15, -0.1) is 0 Å². The van der Waals surface area contributed by atoms with Crippen LogP contribution < -0.4 is 10.6 Å². The molecule has 0 bridgehead atoms. The van der Waals surface area contributed by atoms with Crippen LogP contribution in [0.5, 0.6) is 0 Å². The van der Waals surface area contributed by atoms with E-state index in [1.807, 2.05) is 0 Å².